The molecule has 0 aliphatic carbocycles. The summed E-state index contributed by atoms with van der Waals surface area (Å²) in [6.07, 6.45) is 2.85. The van der Waals surface area contributed by atoms with E-state index in [0.717, 1.165) is 25.8 Å². The van der Waals surface area contributed by atoms with Crippen molar-refractivity contribution < 1.29 is 14.2 Å². The van der Waals surface area contributed by atoms with Crippen molar-refractivity contribution in [3.05, 3.63) is 29.6 Å². The van der Waals surface area contributed by atoms with Gasteiger partial charge in [-0.05, 0) is 38.9 Å². The van der Waals surface area contributed by atoms with E-state index in [1.165, 1.54) is 7.11 Å². The maximum atomic E-state index is 13.9. The summed E-state index contributed by atoms with van der Waals surface area (Å²) in [5.41, 5.74) is 0.652. The topological polar surface area (TPSA) is 32.7 Å². The number of halogens is 1. The lowest BCUT2D eigenvalue weighted by Gasteiger charge is -2.17. The van der Waals surface area contributed by atoms with E-state index in [1.807, 2.05) is 7.05 Å². The Bertz CT molecular complexity index is 358. The molecule has 0 saturated carbocycles. The second-order valence-electron chi connectivity index (χ2n) is 4.46. The summed E-state index contributed by atoms with van der Waals surface area (Å²) in [5.74, 6) is 0.0170. The molecule has 0 aromatic heterocycles. The van der Waals surface area contributed by atoms with Crippen molar-refractivity contribution in [2.75, 3.05) is 27.3 Å². The van der Waals surface area contributed by atoms with Gasteiger partial charge in [0.2, 0.25) is 0 Å². The van der Waals surface area contributed by atoms with Crippen LogP contribution >= 0.6 is 0 Å². The quantitative estimate of drug-likeness (QED) is 0.724. The molecule has 0 amide bonds. The van der Waals surface area contributed by atoms with Crippen molar-refractivity contribution in [1.82, 2.24) is 4.90 Å². The van der Waals surface area contributed by atoms with Gasteiger partial charge in [-0.2, -0.15) is 0 Å². The van der Waals surface area contributed by atoms with Crippen LogP contribution in [0.3, 0.4) is 0 Å². The summed E-state index contributed by atoms with van der Waals surface area (Å²) in [7, 11) is 3.44. The highest BCUT2D eigenvalue weighted by molar-refractivity contribution is 5.30. The van der Waals surface area contributed by atoms with E-state index >= 15 is 0 Å². The number of hydrogen-bond acceptors (Lipinski definition) is 3. The molecule has 0 atom stereocenters. The van der Waals surface area contributed by atoms with Crippen LogP contribution in [-0.4, -0.2) is 37.3 Å². The highest BCUT2D eigenvalue weighted by Gasteiger charge is 2.09. The van der Waals surface area contributed by atoms with Gasteiger partial charge >= 0.3 is 0 Å². The van der Waals surface area contributed by atoms with E-state index in [1.54, 1.807) is 18.2 Å². The van der Waals surface area contributed by atoms with Gasteiger partial charge in [-0.25, -0.2) is 4.39 Å². The van der Waals surface area contributed by atoms with Crippen LogP contribution < -0.4 is 4.74 Å². The van der Waals surface area contributed by atoms with Crippen LogP contribution in [0.5, 0.6) is 5.75 Å². The van der Waals surface area contributed by atoms with E-state index in [2.05, 4.69) is 4.90 Å². The Morgan fingerprint density at radius 2 is 2.06 bits per heavy atom. The molecule has 4 heteroatoms. The van der Waals surface area contributed by atoms with Crippen LogP contribution in [0.15, 0.2) is 18.2 Å². The van der Waals surface area contributed by atoms with Crippen molar-refractivity contribution in [2.45, 2.75) is 25.8 Å². The molecule has 0 heterocycles. The van der Waals surface area contributed by atoms with Gasteiger partial charge in [0.25, 0.3) is 0 Å². The standard InChI is InChI=1S/C14H22FNO2/c1-16(9-4-3-5-10-17)11-12-7-6-8-13(18-2)14(12)15/h6-8,17H,3-5,9-11H2,1-2H3. The highest BCUT2D eigenvalue weighted by atomic mass is 19.1. The summed E-state index contributed by atoms with van der Waals surface area (Å²) in [6.45, 7) is 1.72. The second kappa shape index (κ2) is 8.06. The number of hydrogen-bond donors (Lipinski definition) is 1. The van der Waals surface area contributed by atoms with E-state index in [4.69, 9.17) is 9.84 Å². The SMILES string of the molecule is COc1cccc(CN(C)CCCCCO)c1F. The van der Waals surface area contributed by atoms with Gasteiger partial charge in [-0.15, -0.1) is 0 Å². The smallest absolute Gasteiger partial charge is 0.169 e. The van der Waals surface area contributed by atoms with Crippen molar-refractivity contribution in [1.29, 1.82) is 0 Å². The zero-order chi connectivity index (χ0) is 13.4. The maximum absolute atomic E-state index is 13.9. The first kappa shape index (κ1) is 14.9. The average Bonchev–Trinajstić information content (AvgIpc) is 2.37. The number of aliphatic hydroxyl groups is 1. The van der Waals surface area contributed by atoms with Gasteiger partial charge < -0.3 is 14.7 Å². The molecule has 0 fully saturated rings. The molecule has 1 rings (SSSR count). The minimum Gasteiger partial charge on any atom is -0.494 e. The zero-order valence-electron chi connectivity index (χ0n) is 11.2. The Hall–Kier alpha value is -1.13. The Morgan fingerprint density at radius 3 is 2.72 bits per heavy atom. The fourth-order valence-corrected chi connectivity index (χ4v) is 1.88. The van der Waals surface area contributed by atoms with Gasteiger partial charge in [-0.3, -0.25) is 0 Å². The molecule has 18 heavy (non-hydrogen) atoms. The lowest BCUT2D eigenvalue weighted by atomic mass is 10.1. The van der Waals surface area contributed by atoms with Crippen LogP contribution in [0.4, 0.5) is 4.39 Å². The lowest BCUT2D eigenvalue weighted by molar-refractivity contribution is 0.270. The molecule has 1 aromatic rings. The fraction of sp³-hybridized carbons (Fsp3) is 0.571. The molecule has 0 spiro atoms. The second-order valence-corrected chi connectivity index (χ2v) is 4.46. The monoisotopic (exact) mass is 255 g/mol. The largest absolute Gasteiger partial charge is 0.494 e. The number of ether oxygens (including phenoxy) is 1. The Labute approximate surface area is 108 Å². The van der Waals surface area contributed by atoms with Gasteiger partial charge in [0.05, 0.1) is 7.11 Å². The van der Waals surface area contributed by atoms with Gasteiger partial charge in [0, 0.05) is 18.7 Å². The third kappa shape index (κ3) is 4.63. The number of methoxy groups -OCH3 is 1. The normalized spacial score (nSPS) is 10.9. The first-order chi connectivity index (χ1) is 8.69. The molecular weight excluding hydrogens is 233 g/mol. The molecule has 1 aromatic carbocycles. The molecule has 3 nitrogen and oxygen atoms in total. The third-order valence-corrected chi connectivity index (χ3v) is 2.90. The maximum Gasteiger partial charge on any atom is 0.169 e. The molecule has 1 N–H and O–H groups in total. The number of aliphatic hydroxyl groups excluding tert-OH is 1. The Morgan fingerprint density at radius 1 is 1.28 bits per heavy atom. The van der Waals surface area contributed by atoms with E-state index in [9.17, 15) is 4.39 Å². The summed E-state index contributed by atoms with van der Waals surface area (Å²) in [4.78, 5) is 2.08. The molecule has 0 radical (unpaired) electrons. The van der Waals surface area contributed by atoms with Crippen LogP contribution in [0.2, 0.25) is 0 Å². The van der Waals surface area contributed by atoms with Crippen molar-refractivity contribution in [3.8, 4) is 5.75 Å². The van der Waals surface area contributed by atoms with Crippen molar-refractivity contribution in [2.24, 2.45) is 0 Å². The van der Waals surface area contributed by atoms with E-state index < -0.39 is 0 Å². The fourth-order valence-electron chi connectivity index (χ4n) is 1.88. The van der Waals surface area contributed by atoms with Gasteiger partial charge in [0.1, 0.15) is 0 Å². The van der Waals surface area contributed by atoms with Crippen molar-refractivity contribution in [3.63, 3.8) is 0 Å². The van der Waals surface area contributed by atoms with E-state index in [0.29, 0.717) is 17.9 Å². The van der Waals surface area contributed by atoms with Crippen LogP contribution in [0.1, 0.15) is 24.8 Å². The van der Waals surface area contributed by atoms with Gasteiger partial charge in [0.15, 0.2) is 11.6 Å². The van der Waals surface area contributed by atoms with Crippen LogP contribution in [0.25, 0.3) is 0 Å². The van der Waals surface area contributed by atoms with Gasteiger partial charge in [-0.1, -0.05) is 12.1 Å². The first-order valence-corrected chi connectivity index (χ1v) is 6.29. The molecule has 0 bridgehead atoms. The summed E-state index contributed by atoms with van der Waals surface area (Å²) >= 11 is 0. The van der Waals surface area contributed by atoms with E-state index in [-0.39, 0.29) is 12.4 Å². The summed E-state index contributed by atoms with van der Waals surface area (Å²) in [5, 5.41) is 8.68. The minimum atomic E-state index is -0.276. The molecule has 102 valence electrons. The average molecular weight is 255 g/mol. The lowest BCUT2D eigenvalue weighted by Crippen LogP contribution is -2.20. The zero-order valence-corrected chi connectivity index (χ0v) is 11.2. The number of rotatable bonds is 8. The third-order valence-electron chi connectivity index (χ3n) is 2.90. The van der Waals surface area contributed by atoms with Crippen LogP contribution in [0, 0.1) is 5.82 Å². The number of benzene rings is 1. The Balaban J connectivity index is 2.46. The summed E-state index contributed by atoms with van der Waals surface area (Å²) in [6, 6.07) is 5.21. The predicted molar refractivity (Wildman–Crippen MR) is 70.2 cm³/mol. The predicted octanol–water partition coefficient (Wildman–Crippen LogP) is 2.43. The molecule has 0 unspecified atom stereocenters. The molecule has 0 saturated heterocycles. The molecule has 0 aliphatic heterocycles. The van der Waals surface area contributed by atoms with Crippen molar-refractivity contribution >= 4 is 0 Å². The minimum absolute atomic E-state index is 0.244. The summed E-state index contributed by atoms with van der Waals surface area (Å²) < 4.78 is 18.9. The molecule has 0 aliphatic rings. The Kier molecular flexibility index (Phi) is 6.68. The number of nitrogens with zero attached hydrogens (tertiary/aromatic N) is 1. The number of unbranched alkanes of at least 4 members (excludes halogenated alkanes) is 2. The first-order valence-electron chi connectivity index (χ1n) is 6.29. The van der Waals surface area contributed by atoms with Crippen LogP contribution in [-0.2, 0) is 6.54 Å². The molecular formula is C14H22FNO2. The highest BCUT2D eigenvalue weighted by Crippen LogP contribution is 2.20.